The monoisotopic (exact) mass is 412 g/mol. The first-order valence-electron chi connectivity index (χ1n) is 7.16. The summed E-state index contributed by atoms with van der Waals surface area (Å²) in [4.78, 5) is 21.9. The number of nitrogen functional groups attached to an aromatic ring is 1. The van der Waals surface area contributed by atoms with Crippen LogP contribution in [0.1, 0.15) is 18.2 Å². The fraction of sp³-hybridized carbons (Fsp3) is 0.267. The first-order valence-corrected chi connectivity index (χ1v) is 8.33. The van der Waals surface area contributed by atoms with Gasteiger partial charge in [-0.25, -0.2) is 14.8 Å². The molecule has 3 rings (SSSR count). The molecule has 0 saturated heterocycles. The third-order valence-corrected chi connectivity index (χ3v) is 4.57. The number of hydrogen-bond acceptors (Lipinski definition) is 6. The van der Waals surface area contributed by atoms with Gasteiger partial charge in [0.25, 0.3) is 0 Å². The molecule has 126 valence electrons. The van der Waals surface area contributed by atoms with E-state index in [1.807, 2.05) is 0 Å². The van der Waals surface area contributed by atoms with Crippen molar-refractivity contribution in [3.63, 3.8) is 0 Å². The van der Waals surface area contributed by atoms with Gasteiger partial charge in [0, 0.05) is 11.1 Å². The molecular weight excluding hydrogens is 400 g/mol. The Morgan fingerprint density at radius 1 is 1.46 bits per heavy atom. The van der Waals surface area contributed by atoms with Gasteiger partial charge in [0.05, 0.1) is 40.6 Å². The molecule has 1 amide bonds. The minimum absolute atomic E-state index is 0.0283. The molecule has 1 aromatic carbocycles. The van der Waals surface area contributed by atoms with Crippen molar-refractivity contribution in [2.24, 2.45) is 0 Å². The number of phenols is 1. The summed E-state index contributed by atoms with van der Waals surface area (Å²) in [6.07, 6.45) is -0.426. The number of hydrogen-bond donors (Lipinski definition) is 2. The average molecular weight is 414 g/mol. The normalized spacial score (nSPS) is 13.0. The second-order valence-electron chi connectivity index (χ2n) is 5.19. The summed E-state index contributed by atoms with van der Waals surface area (Å²) in [5, 5.41) is 10.3. The first-order chi connectivity index (χ1) is 11.4. The molecule has 9 heteroatoms. The maximum absolute atomic E-state index is 12.0. The third-order valence-electron chi connectivity index (χ3n) is 3.62. The smallest absolute Gasteiger partial charge is 0.410 e. The number of benzene rings is 1. The van der Waals surface area contributed by atoms with Crippen LogP contribution in [0.4, 0.5) is 10.7 Å². The lowest BCUT2D eigenvalue weighted by molar-refractivity contribution is 0.106. The lowest BCUT2D eigenvalue weighted by Crippen LogP contribution is -2.26. The van der Waals surface area contributed by atoms with Gasteiger partial charge in [-0.1, -0.05) is 11.6 Å². The molecule has 1 aromatic heterocycles. The maximum atomic E-state index is 12.0. The highest BCUT2D eigenvalue weighted by molar-refractivity contribution is 9.10. The third kappa shape index (κ3) is 2.99. The highest BCUT2D eigenvalue weighted by Crippen LogP contribution is 2.39. The fourth-order valence-electron chi connectivity index (χ4n) is 2.56. The van der Waals surface area contributed by atoms with Crippen LogP contribution in [0.15, 0.2) is 16.6 Å². The van der Waals surface area contributed by atoms with Crippen molar-refractivity contribution in [3.8, 4) is 17.0 Å². The largest absolute Gasteiger partial charge is 0.507 e. The molecule has 0 saturated carbocycles. The van der Waals surface area contributed by atoms with Gasteiger partial charge in [-0.3, -0.25) is 4.90 Å². The molecule has 1 aliphatic rings. The second-order valence-corrected chi connectivity index (χ2v) is 6.46. The van der Waals surface area contributed by atoms with E-state index in [0.29, 0.717) is 33.1 Å². The molecule has 2 heterocycles. The highest BCUT2D eigenvalue weighted by atomic mass is 79.9. The van der Waals surface area contributed by atoms with Crippen molar-refractivity contribution in [2.75, 3.05) is 12.3 Å². The van der Waals surface area contributed by atoms with Gasteiger partial charge < -0.3 is 15.6 Å². The van der Waals surface area contributed by atoms with E-state index in [1.54, 1.807) is 13.0 Å². The number of halogens is 2. The summed E-state index contributed by atoms with van der Waals surface area (Å²) in [7, 11) is 0. The zero-order chi connectivity index (χ0) is 17.4. The van der Waals surface area contributed by atoms with Gasteiger partial charge >= 0.3 is 6.09 Å². The number of aromatic hydroxyl groups is 1. The number of rotatable bonds is 2. The summed E-state index contributed by atoms with van der Waals surface area (Å²) < 4.78 is 5.50. The van der Waals surface area contributed by atoms with Crippen LogP contribution in [0.25, 0.3) is 11.3 Å². The van der Waals surface area contributed by atoms with E-state index < -0.39 is 6.09 Å². The molecule has 3 N–H and O–H groups in total. The molecule has 0 radical (unpaired) electrons. The Hall–Kier alpha value is -2.06. The number of amides is 1. The van der Waals surface area contributed by atoms with Crippen LogP contribution in [-0.2, 0) is 17.8 Å². The lowest BCUT2D eigenvalue weighted by Gasteiger charge is -2.14. The minimum Gasteiger partial charge on any atom is -0.507 e. The molecule has 0 bridgehead atoms. The van der Waals surface area contributed by atoms with Crippen LogP contribution < -0.4 is 5.73 Å². The Bertz CT molecular complexity index is 831. The van der Waals surface area contributed by atoms with Gasteiger partial charge in [-0.05, 0) is 35.0 Å². The number of phenolic OH excluding ortho intramolecular Hbond substituents is 1. The Kier molecular flexibility index (Phi) is 4.51. The molecule has 0 unspecified atom stereocenters. The molecule has 24 heavy (non-hydrogen) atoms. The Balaban J connectivity index is 2.07. The number of anilines is 1. The number of nitrogens with zero attached hydrogens (tertiary/aromatic N) is 3. The lowest BCUT2D eigenvalue weighted by atomic mass is 10.1. The summed E-state index contributed by atoms with van der Waals surface area (Å²) >= 11 is 9.51. The second kappa shape index (κ2) is 6.45. The summed E-state index contributed by atoms with van der Waals surface area (Å²) in [6.45, 7) is 2.61. The quantitative estimate of drug-likeness (QED) is 0.783. The van der Waals surface area contributed by atoms with Gasteiger partial charge in [0.1, 0.15) is 5.75 Å². The molecule has 0 atom stereocenters. The minimum atomic E-state index is -0.426. The van der Waals surface area contributed by atoms with Crippen molar-refractivity contribution >= 4 is 39.6 Å². The SMILES string of the molecule is CCOC(=O)N1Cc2nc(N)nc(-c3cc(O)c(Br)cc3Cl)c2C1. The number of ether oxygens (including phenoxy) is 1. The average Bonchev–Trinajstić information content (AvgIpc) is 2.94. The van der Waals surface area contributed by atoms with E-state index in [-0.39, 0.29) is 24.8 Å². The van der Waals surface area contributed by atoms with E-state index in [2.05, 4.69) is 25.9 Å². The fourth-order valence-corrected chi connectivity index (χ4v) is 3.29. The topological polar surface area (TPSA) is 102 Å². The van der Waals surface area contributed by atoms with Gasteiger partial charge in [-0.2, -0.15) is 0 Å². The first kappa shape index (κ1) is 16.8. The number of aromatic nitrogens is 2. The number of nitrogens with two attached hydrogens (primary N) is 1. The van der Waals surface area contributed by atoms with Crippen molar-refractivity contribution in [3.05, 3.63) is 32.9 Å². The molecular formula is C15H14BrClN4O3. The summed E-state index contributed by atoms with van der Waals surface area (Å²) in [5.74, 6) is 0.105. The van der Waals surface area contributed by atoms with E-state index >= 15 is 0 Å². The molecule has 0 spiro atoms. The molecule has 1 aliphatic heterocycles. The van der Waals surface area contributed by atoms with Crippen molar-refractivity contribution < 1.29 is 14.6 Å². The van der Waals surface area contributed by atoms with Crippen LogP contribution in [0.5, 0.6) is 5.75 Å². The van der Waals surface area contributed by atoms with Crippen molar-refractivity contribution in [2.45, 2.75) is 20.0 Å². The van der Waals surface area contributed by atoms with E-state index in [0.717, 1.165) is 5.56 Å². The zero-order valence-electron chi connectivity index (χ0n) is 12.7. The number of fused-ring (bicyclic) bond motifs is 1. The Morgan fingerprint density at radius 3 is 2.92 bits per heavy atom. The zero-order valence-corrected chi connectivity index (χ0v) is 15.1. The van der Waals surface area contributed by atoms with E-state index in [4.69, 9.17) is 22.1 Å². The molecule has 0 fully saturated rings. The standard InChI is InChI=1S/C15H14BrClN4O3/c1-2-24-15(23)21-5-8-11(6-21)19-14(18)20-13(8)7-3-12(22)9(16)4-10(7)17/h3-4,22H,2,5-6H2,1H3,(H2,18,19,20). The van der Waals surface area contributed by atoms with Gasteiger partial charge in [-0.15, -0.1) is 0 Å². The van der Waals surface area contributed by atoms with E-state index in [1.165, 1.54) is 11.0 Å². The van der Waals surface area contributed by atoms with Crippen LogP contribution in [0.3, 0.4) is 0 Å². The molecule has 2 aromatic rings. The predicted octanol–water partition coefficient (Wildman–Crippen LogP) is 3.32. The number of carbonyl (C=O) groups is 1. The highest BCUT2D eigenvalue weighted by Gasteiger charge is 2.30. The van der Waals surface area contributed by atoms with Crippen LogP contribution in [-0.4, -0.2) is 32.7 Å². The van der Waals surface area contributed by atoms with Crippen molar-refractivity contribution in [1.82, 2.24) is 14.9 Å². The van der Waals surface area contributed by atoms with Crippen LogP contribution in [0.2, 0.25) is 5.02 Å². The maximum Gasteiger partial charge on any atom is 0.410 e. The Morgan fingerprint density at radius 2 is 2.21 bits per heavy atom. The van der Waals surface area contributed by atoms with Gasteiger partial charge in [0.2, 0.25) is 5.95 Å². The van der Waals surface area contributed by atoms with Gasteiger partial charge in [0.15, 0.2) is 0 Å². The summed E-state index contributed by atoms with van der Waals surface area (Å²) in [5.41, 5.74) is 8.19. The van der Waals surface area contributed by atoms with Crippen molar-refractivity contribution in [1.29, 1.82) is 0 Å². The van der Waals surface area contributed by atoms with E-state index in [9.17, 15) is 9.90 Å². The molecule has 0 aliphatic carbocycles. The number of carbonyl (C=O) groups excluding carboxylic acids is 1. The summed E-state index contributed by atoms with van der Waals surface area (Å²) in [6, 6.07) is 3.08. The predicted molar refractivity (Wildman–Crippen MR) is 92.5 cm³/mol. The molecule has 7 nitrogen and oxygen atoms in total. The van der Waals surface area contributed by atoms with Crippen LogP contribution >= 0.6 is 27.5 Å². The Labute approximate surface area is 151 Å². The van der Waals surface area contributed by atoms with Crippen LogP contribution in [0, 0.1) is 0 Å².